The first-order valence-corrected chi connectivity index (χ1v) is 9.18. The molecule has 0 radical (unpaired) electrons. The fourth-order valence-corrected chi connectivity index (χ4v) is 4.26. The van der Waals surface area contributed by atoms with Crippen molar-refractivity contribution in [3.05, 3.63) is 66.2 Å². The van der Waals surface area contributed by atoms with Crippen molar-refractivity contribution in [2.24, 2.45) is 4.99 Å². The van der Waals surface area contributed by atoms with Crippen molar-refractivity contribution in [2.45, 2.75) is 9.79 Å². The summed E-state index contributed by atoms with van der Waals surface area (Å²) in [6.07, 6.45) is 0. The van der Waals surface area contributed by atoms with E-state index in [9.17, 15) is 4.21 Å². The highest BCUT2D eigenvalue weighted by Gasteiger charge is 2.17. The molecule has 4 nitrogen and oxygen atoms in total. The van der Waals surface area contributed by atoms with Gasteiger partial charge in [0.2, 0.25) is 5.90 Å². The molecule has 4 rings (SSSR count). The maximum absolute atomic E-state index is 13.2. The van der Waals surface area contributed by atoms with Gasteiger partial charge in [0.15, 0.2) is 0 Å². The molecule has 126 valence electrons. The van der Waals surface area contributed by atoms with E-state index in [4.69, 9.17) is 9.47 Å². The van der Waals surface area contributed by atoms with Crippen LogP contribution in [0.2, 0.25) is 0 Å². The zero-order valence-corrected chi connectivity index (χ0v) is 14.6. The van der Waals surface area contributed by atoms with Crippen molar-refractivity contribution < 1.29 is 13.7 Å². The van der Waals surface area contributed by atoms with E-state index in [1.165, 1.54) is 0 Å². The van der Waals surface area contributed by atoms with Crippen molar-refractivity contribution in [3.63, 3.8) is 0 Å². The highest BCUT2D eigenvalue weighted by Crippen LogP contribution is 2.33. The normalized spacial score (nSPS) is 14.8. The number of nitrogens with zero attached hydrogens (tertiary/aromatic N) is 1. The summed E-state index contributed by atoms with van der Waals surface area (Å²) in [5.41, 5.74) is 0.906. The average Bonchev–Trinajstić information content (AvgIpc) is 3.21. The second-order valence-electron chi connectivity index (χ2n) is 5.65. The van der Waals surface area contributed by atoms with E-state index in [-0.39, 0.29) is 0 Å². The summed E-state index contributed by atoms with van der Waals surface area (Å²) in [4.78, 5) is 5.72. The molecule has 0 N–H and O–H groups in total. The Hall–Kier alpha value is -2.66. The number of methoxy groups -OCH3 is 1. The summed E-state index contributed by atoms with van der Waals surface area (Å²) in [6.45, 7) is 1.31. The molecule has 0 amide bonds. The average molecular weight is 351 g/mol. The predicted octanol–water partition coefficient (Wildman–Crippen LogP) is 3.79. The number of hydrogen-bond donors (Lipinski definition) is 0. The van der Waals surface area contributed by atoms with Gasteiger partial charge in [-0.15, -0.1) is 0 Å². The summed E-state index contributed by atoms with van der Waals surface area (Å²) < 4.78 is 24.2. The fourth-order valence-electron chi connectivity index (χ4n) is 2.92. The lowest BCUT2D eigenvalue weighted by molar-refractivity contribution is 0.348. The lowest BCUT2D eigenvalue weighted by Gasteiger charge is -2.12. The summed E-state index contributed by atoms with van der Waals surface area (Å²) >= 11 is 0. The lowest BCUT2D eigenvalue weighted by atomic mass is 10.1. The Morgan fingerprint density at radius 3 is 2.56 bits per heavy atom. The van der Waals surface area contributed by atoms with Crippen LogP contribution in [0.3, 0.4) is 0 Å². The van der Waals surface area contributed by atoms with Gasteiger partial charge in [-0.1, -0.05) is 30.3 Å². The molecular weight excluding hydrogens is 334 g/mol. The minimum Gasteiger partial charge on any atom is -0.495 e. The van der Waals surface area contributed by atoms with Gasteiger partial charge >= 0.3 is 0 Å². The summed E-state index contributed by atoms with van der Waals surface area (Å²) in [7, 11) is 0.252. The molecule has 3 aromatic rings. The Morgan fingerprint density at radius 2 is 1.84 bits per heavy atom. The van der Waals surface area contributed by atoms with Crippen molar-refractivity contribution in [3.8, 4) is 5.75 Å². The fraction of sp³-hybridized carbons (Fsp3) is 0.150. The number of ether oxygens (including phenoxy) is 2. The Labute approximate surface area is 148 Å². The quantitative estimate of drug-likeness (QED) is 0.718. The molecule has 0 aliphatic carbocycles. The molecule has 0 bridgehead atoms. The zero-order valence-electron chi connectivity index (χ0n) is 13.8. The van der Waals surface area contributed by atoms with E-state index in [2.05, 4.69) is 4.99 Å². The van der Waals surface area contributed by atoms with Crippen LogP contribution in [0.1, 0.15) is 5.56 Å². The summed E-state index contributed by atoms with van der Waals surface area (Å²) in [6, 6.07) is 19.3. The molecule has 0 saturated heterocycles. The van der Waals surface area contributed by atoms with Crippen LogP contribution in [0.15, 0.2) is 75.4 Å². The maximum Gasteiger partial charge on any atom is 0.216 e. The third kappa shape index (κ3) is 2.91. The van der Waals surface area contributed by atoms with E-state index in [1.807, 2.05) is 60.7 Å². The minimum atomic E-state index is -1.35. The van der Waals surface area contributed by atoms with Crippen LogP contribution in [0.25, 0.3) is 10.8 Å². The van der Waals surface area contributed by atoms with Gasteiger partial charge in [-0.05, 0) is 35.7 Å². The van der Waals surface area contributed by atoms with Crippen molar-refractivity contribution >= 4 is 27.5 Å². The van der Waals surface area contributed by atoms with E-state index in [0.717, 1.165) is 21.2 Å². The molecule has 0 saturated carbocycles. The van der Waals surface area contributed by atoms with Gasteiger partial charge < -0.3 is 9.47 Å². The van der Waals surface area contributed by atoms with Crippen LogP contribution >= 0.6 is 0 Å². The number of rotatable bonds is 4. The van der Waals surface area contributed by atoms with E-state index in [0.29, 0.717) is 29.7 Å². The van der Waals surface area contributed by atoms with Crippen LogP contribution < -0.4 is 4.74 Å². The first-order chi connectivity index (χ1) is 12.3. The van der Waals surface area contributed by atoms with Crippen LogP contribution in [-0.4, -0.2) is 30.4 Å². The Kier molecular flexibility index (Phi) is 4.24. The monoisotopic (exact) mass is 351 g/mol. The predicted molar refractivity (Wildman–Crippen MR) is 99.0 cm³/mol. The van der Waals surface area contributed by atoms with E-state index < -0.39 is 10.8 Å². The molecule has 0 fully saturated rings. The molecular formula is C20H17NO3S. The highest BCUT2D eigenvalue weighted by atomic mass is 32.2. The Bertz CT molecular complexity index is 980. The van der Waals surface area contributed by atoms with E-state index >= 15 is 0 Å². The first-order valence-electron chi connectivity index (χ1n) is 8.03. The van der Waals surface area contributed by atoms with Gasteiger partial charge in [-0.2, -0.15) is 0 Å². The topological polar surface area (TPSA) is 47.9 Å². The summed E-state index contributed by atoms with van der Waals surface area (Å²) in [5.74, 6) is 1.28. The number of benzene rings is 3. The van der Waals surface area contributed by atoms with Crippen molar-refractivity contribution in [1.29, 1.82) is 0 Å². The molecule has 1 atom stereocenters. The maximum atomic E-state index is 13.2. The second kappa shape index (κ2) is 6.69. The molecule has 0 aromatic heterocycles. The summed E-state index contributed by atoms with van der Waals surface area (Å²) in [5, 5.41) is 1.98. The molecule has 1 unspecified atom stereocenters. The Balaban J connectivity index is 1.77. The third-order valence-electron chi connectivity index (χ3n) is 4.15. The van der Waals surface area contributed by atoms with Gasteiger partial charge in [0.05, 0.1) is 29.3 Å². The van der Waals surface area contributed by atoms with Gasteiger partial charge in [-0.3, -0.25) is 0 Å². The third-order valence-corrected chi connectivity index (χ3v) is 5.64. The highest BCUT2D eigenvalue weighted by molar-refractivity contribution is 7.85. The van der Waals surface area contributed by atoms with Gasteiger partial charge in [0, 0.05) is 15.8 Å². The smallest absolute Gasteiger partial charge is 0.216 e. The lowest BCUT2D eigenvalue weighted by Crippen LogP contribution is -2.02. The van der Waals surface area contributed by atoms with Gasteiger partial charge in [0.25, 0.3) is 0 Å². The van der Waals surface area contributed by atoms with Crippen LogP contribution in [0.4, 0.5) is 0 Å². The van der Waals surface area contributed by atoms with Crippen LogP contribution in [-0.2, 0) is 15.5 Å². The van der Waals surface area contributed by atoms with Gasteiger partial charge in [0.1, 0.15) is 12.4 Å². The molecule has 1 aliphatic rings. The Morgan fingerprint density at radius 1 is 1.04 bits per heavy atom. The minimum absolute atomic E-state index is 0.621. The van der Waals surface area contributed by atoms with Crippen LogP contribution in [0, 0.1) is 0 Å². The van der Waals surface area contributed by atoms with Crippen molar-refractivity contribution in [1.82, 2.24) is 0 Å². The molecule has 3 aromatic carbocycles. The molecule has 25 heavy (non-hydrogen) atoms. The number of fused-ring (bicyclic) bond motifs is 1. The standard InChI is InChI=1S/C20H17NO3S/c1-23-18-11-8-14-4-2-3-5-17(14)19(18)25(22)16-9-6-15(7-10-16)20-21-12-13-24-20/h2-11H,12-13H2,1H3. The zero-order chi connectivity index (χ0) is 17.2. The molecule has 1 heterocycles. The number of hydrogen-bond acceptors (Lipinski definition) is 4. The van der Waals surface area contributed by atoms with E-state index in [1.54, 1.807) is 7.11 Å². The second-order valence-corrected chi connectivity index (χ2v) is 7.06. The largest absolute Gasteiger partial charge is 0.495 e. The first kappa shape index (κ1) is 15.8. The molecule has 1 aliphatic heterocycles. The van der Waals surface area contributed by atoms with Crippen molar-refractivity contribution in [2.75, 3.05) is 20.3 Å². The SMILES string of the molecule is COc1ccc2ccccc2c1S(=O)c1ccc(C2=NCCO2)cc1. The molecule has 5 heteroatoms. The number of aliphatic imine (C=N–C) groups is 1. The van der Waals surface area contributed by atoms with Gasteiger partial charge in [-0.25, -0.2) is 9.20 Å². The molecule has 0 spiro atoms. The van der Waals surface area contributed by atoms with Crippen LogP contribution in [0.5, 0.6) is 5.75 Å².